The van der Waals surface area contributed by atoms with Crippen LogP contribution in [0.2, 0.25) is 0 Å². The molecule has 0 aliphatic rings. The molecule has 0 spiro atoms. The first-order valence-corrected chi connectivity index (χ1v) is 11.3. The van der Waals surface area contributed by atoms with Gasteiger partial charge in [0.1, 0.15) is 6.04 Å². The van der Waals surface area contributed by atoms with Crippen molar-refractivity contribution in [3.05, 3.63) is 84.2 Å². The highest BCUT2D eigenvalue weighted by molar-refractivity contribution is 7.98. The zero-order valence-corrected chi connectivity index (χ0v) is 17.8. The predicted molar refractivity (Wildman–Crippen MR) is 121 cm³/mol. The first-order chi connectivity index (χ1) is 14.7. The molecule has 1 aromatic heterocycles. The van der Waals surface area contributed by atoms with Gasteiger partial charge < -0.3 is 10.6 Å². The van der Waals surface area contributed by atoms with Crippen LogP contribution >= 0.6 is 11.8 Å². The van der Waals surface area contributed by atoms with Gasteiger partial charge >= 0.3 is 0 Å². The number of thioether (sulfide) groups is 1. The van der Waals surface area contributed by atoms with Crippen LogP contribution < -0.4 is 10.6 Å². The molecule has 0 saturated carbocycles. The minimum atomic E-state index is -0.549. The van der Waals surface area contributed by atoms with E-state index < -0.39 is 6.04 Å². The number of aromatic nitrogens is 2. The molecular weight excluding hydrogens is 396 g/mol. The minimum absolute atomic E-state index is 0.151. The van der Waals surface area contributed by atoms with Crippen LogP contribution in [-0.2, 0) is 11.2 Å². The maximum atomic E-state index is 12.7. The Kier molecular flexibility index (Phi) is 8.09. The van der Waals surface area contributed by atoms with E-state index in [2.05, 4.69) is 15.7 Å². The van der Waals surface area contributed by atoms with Crippen LogP contribution in [0.5, 0.6) is 0 Å². The summed E-state index contributed by atoms with van der Waals surface area (Å²) in [5, 5.41) is 10.0. The van der Waals surface area contributed by atoms with Crippen molar-refractivity contribution in [3.8, 4) is 5.69 Å². The molecule has 0 bridgehead atoms. The quantitative estimate of drug-likeness (QED) is 0.526. The number of nitrogens with one attached hydrogen (secondary N) is 2. The van der Waals surface area contributed by atoms with Gasteiger partial charge in [0.25, 0.3) is 5.91 Å². The summed E-state index contributed by atoms with van der Waals surface area (Å²) in [4.78, 5) is 25.1. The number of hydrogen-bond donors (Lipinski definition) is 2. The number of carbonyl (C=O) groups excluding carboxylic acids is 2. The molecule has 2 amide bonds. The summed E-state index contributed by atoms with van der Waals surface area (Å²) >= 11 is 1.65. The Balaban J connectivity index is 1.51. The topological polar surface area (TPSA) is 76.0 Å². The number of hydrogen-bond acceptors (Lipinski definition) is 4. The van der Waals surface area contributed by atoms with E-state index >= 15 is 0 Å². The van der Waals surface area contributed by atoms with Gasteiger partial charge in [0.2, 0.25) is 5.91 Å². The Bertz CT molecular complexity index is 928. The van der Waals surface area contributed by atoms with Gasteiger partial charge in [0, 0.05) is 24.5 Å². The summed E-state index contributed by atoms with van der Waals surface area (Å²) in [5.74, 6) is 0.412. The van der Waals surface area contributed by atoms with Gasteiger partial charge in [-0.3, -0.25) is 9.59 Å². The van der Waals surface area contributed by atoms with Crippen LogP contribution in [-0.4, -0.2) is 46.2 Å². The third-order valence-corrected chi connectivity index (χ3v) is 5.33. The summed E-state index contributed by atoms with van der Waals surface area (Å²) in [6.07, 6.45) is 6.93. The number of nitrogens with zero attached hydrogens (tertiary/aromatic N) is 2. The van der Waals surface area contributed by atoms with E-state index in [1.165, 1.54) is 0 Å². The fourth-order valence-corrected chi connectivity index (χ4v) is 3.50. The molecule has 30 heavy (non-hydrogen) atoms. The van der Waals surface area contributed by atoms with E-state index in [9.17, 15) is 9.59 Å². The molecule has 1 heterocycles. The van der Waals surface area contributed by atoms with E-state index in [0.29, 0.717) is 24.9 Å². The van der Waals surface area contributed by atoms with E-state index in [0.717, 1.165) is 17.0 Å². The number of carbonyl (C=O) groups is 2. The van der Waals surface area contributed by atoms with Gasteiger partial charge in [0.05, 0.1) is 5.69 Å². The summed E-state index contributed by atoms with van der Waals surface area (Å²) < 4.78 is 1.80. The molecular formula is C23H26N4O2S. The zero-order chi connectivity index (χ0) is 21.2. The average Bonchev–Trinajstić information content (AvgIpc) is 3.32. The summed E-state index contributed by atoms with van der Waals surface area (Å²) in [6.45, 7) is 0.511. The lowest BCUT2D eigenvalue weighted by Gasteiger charge is -2.18. The van der Waals surface area contributed by atoms with Crippen molar-refractivity contribution in [2.24, 2.45) is 0 Å². The molecule has 0 radical (unpaired) electrons. The van der Waals surface area contributed by atoms with Crippen molar-refractivity contribution < 1.29 is 9.59 Å². The molecule has 1 unspecified atom stereocenters. The zero-order valence-electron chi connectivity index (χ0n) is 17.0. The van der Waals surface area contributed by atoms with Crippen LogP contribution in [0.25, 0.3) is 5.69 Å². The molecule has 7 heteroatoms. The lowest BCUT2D eigenvalue weighted by atomic mass is 10.1. The Morgan fingerprint density at radius 2 is 1.83 bits per heavy atom. The van der Waals surface area contributed by atoms with Crippen molar-refractivity contribution in [2.45, 2.75) is 18.9 Å². The van der Waals surface area contributed by atoms with Gasteiger partial charge in [0.15, 0.2) is 0 Å². The van der Waals surface area contributed by atoms with Gasteiger partial charge in [-0.1, -0.05) is 30.3 Å². The highest BCUT2D eigenvalue weighted by Crippen LogP contribution is 2.09. The molecule has 0 saturated heterocycles. The van der Waals surface area contributed by atoms with E-state index in [1.807, 2.05) is 61.0 Å². The number of benzene rings is 2. The molecule has 0 fully saturated rings. The number of rotatable bonds is 10. The third kappa shape index (κ3) is 6.22. The largest absolute Gasteiger partial charge is 0.354 e. The van der Waals surface area contributed by atoms with Gasteiger partial charge in [-0.15, -0.1) is 0 Å². The van der Waals surface area contributed by atoms with Crippen LogP contribution in [0.3, 0.4) is 0 Å². The molecule has 6 nitrogen and oxygen atoms in total. The van der Waals surface area contributed by atoms with Gasteiger partial charge in [-0.25, -0.2) is 4.68 Å². The lowest BCUT2D eigenvalue weighted by molar-refractivity contribution is -0.122. The van der Waals surface area contributed by atoms with Crippen molar-refractivity contribution in [1.82, 2.24) is 20.4 Å². The monoisotopic (exact) mass is 422 g/mol. The van der Waals surface area contributed by atoms with E-state index in [-0.39, 0.29) is 11.8 Å². The molecule has 1 atom stereocenters. The normalized spacial score (nSPS) is 11.6. The van der Waals surface area contributed by atoms with Crippen molar-refractivity contribution in [1.29, 1.82) is 0 Å². The van der Waals surface area contributed by atoms with Crippen LogP contribution in [0.15, 0.2) is 73.1 Å². The molecule has 2 N–H and O–H groups in total. The van der Waals surface area contributed by atoms with Gasteiger partial charge in [-0.2, -0.15) is 16.9 Å². The smallest absolute Gasteiger partial charge is 0.251 e. The first-order valence-electron chi connectivity index (χ1n) is 9.89. The predicted octanol–water partition coefficient (Wildman–Crippen LogP) is 3.08. The first kappa shape index (κ1) is 21.6. The molecule has 156 valence electrons. The third-order valence-electron chi connectivity index (χ3n) is 4.69. The van der Waals surface area contributed by atoms with Crippen LogP contribution in [0.1, 0.15) is 22.3 Å². The van der Waals surface area contributed by atoms with Crippen molar-refractivity contribution >= 4 is 23.6 Å². The minimum Gasteiger partial charge on any atom is -0.354 e. The molecule has 3 aromatic rings. The SMILES string of the molecule is CSCCC(NC(=O)c1ccccc1)C(=O)NCCc1ccc(-n2cccn2)cc1. The fourth-order valence-electron chi connectivity index (χ4n) is 3.03. The highest BCUT2D eigenvalue weighted by Gasteiger charge is 2.20. The van der Waals surface area contributed by atoms with Crippen LogP contribution in [0, 0.1) is 0 Å². The summed E-state index contributed by atoms with van der Waals surface area (Å²) in [6, 6.07) is 18.4. The van der Waals surface area contributed by atoms with Crippen molar-refractivity contribution in [2.75, 3.05) is 18.6 Å². The second kappa shape index (κ2) is 11.2. The highest BCUT2D eigenvalue weighted by atomic mass is 32.2. The average molecular weight is 423 g/mol. The Labute approximate surface area is 181 Å². The van der Waals surface area contributed by atoms with E-state index in [4.69, 9.17) is 0 Å². The van der Waals surface area contributed by atoms with E-state index in [1.54, 1.807) is 34.8 Å². The van der Waals surface area contributed by atoms with Gasteiger partial charge in [-0.05, 0) is 60.7 Å². The second-order valence-corrected chi connectivity index (χ2v) is 7.82. The molecule has 0 aliphatic carbocycles. The molecule has 2 aromatic carbocycles. The Morgan fingerprint density at radius 3 is 2.50 bits per heavy atom. The van der Waals surface area contributed by atoms with Crippen LogP contribution in [0.4, 0.5) is 0 Å². The number of amides is 2. The summed E-state index contributed by atoms with van der Waals surface area (Å²) in [5.41, 5.74) is 2.67. The Hall–Kier alpha value is -3.06. The standard InChI is InChI=1S/C23H26N4O2S/c1-30-17-13-21(26-22(28)19-6-3-2-4-7-19)23(29)24-15-12-18-8-10-20(11-9-18)27-16-5-14-25-27/h2-11,14,16,21H,12-13,15,17H2,1H3,(H,24,29)(H,26,28). The molecule has 3 rings (SSSR count). The lowest BCUT2D eigenvalue weighted by Crippen LogP contribution is -2.47. The fraction of sp³-hybridized carbons (Fsp3) is 0.261. The maximum absolute atomic E-state index is 12.7. The maximum Gasteiger partial charge on any atom is 0.251 e. The summed E-state index contributed by atoms with van der Waals surface area (Å²) in [7, 11) is 0. The second-order valence-electron chi connectivity index (χ2n) is 6.83. The molecule has 0 aliphatic heterocycles. The van der Waals surface area contributed by atoms with Crippen molar-refractivity contribution in [3.63, 3.8) is 0 Å². The Morgan fingerprint density at radius 1 is 1.07 bits per heavy atom.